The lowest BCUT2D eigenvalue weighted by molar-refractivity contribution is 0.0239. The first kappa shape index (κ1) is 18.8. The van der Waals surface area contributed by atoms with Crippen LogP contribution < -0.4 is 4.72 Å². The van der Waals surface area contributed by atoms with Crippen molar-refractivity contribution in [2.75, 3.05) is 4.72 Å². The van der Waals surface area contributed by atoms with Gasteiger partial charge in [0.05, 0.1) is 41.6 Å². The summed E-state index contributed by atoms with van der Waals surface area (Å²) < 4.78 is 34.2. The van der Waals surface area contributed by atoms with Gasteiger partial charge in [0.25, 0.3) is 0 Å². The van der Waals surface area contributed by atoms with E-state index in [9.17, 15) is 13.2 Å². The number of rotatable bonds is 4. The third kappa shape index (κ3) is 3.84. The molecule has 1 aliphatic carbocycles. The van der Waals surface area contributed by atoms with Gasteiger partial charge < -0.3 is 4.74 Å². The maximum absolute atomic E-state index is 12.4. The molecule has 28 heavy (non-hydrogen) atoms. The summed E-state index contributed by atoms with van der Waals surface area (Å²) in [6.45, 7) is 6.35. The second kappa shape index (κ2) is 6.51. The highest BCUT2D eigenvalue weighted by molar-refractivity contribution is 7.93. The number of aromatic nitrogens is 2. The van der Waals surface area contributed by atoms with Gasteiger partial charge in [-0.2, -0.15) is 5.10 Å². The van der Waals surface area contributed by atoms with Crippen LogP contribution in [0.25, 0.3) is 5.69 Å². The Hall–Kier alpha value is -2.55. The Morgan fingerprint density at radius 2 is 2.00 bits per heavy atom. The fourth-order valence-corrected chi connectivity index (χ4v) is 4.53. The molecule has 4 rings (SSSR count). The molecule has 0 unspecified atom stereocenters. The van der Waals surface area contributed by atoms with Crippen LogP contribution in [0.3, 0.4) is 0 Å². The van der Waals surface area contributed by atoms with Crippen LogP contribution in [0.2, 0.25) is 0 Å². The zero-order valence-corrected chi connectivity index (χ0v) is 17.0. The number of fused-ring (bicyclic) bond motifs is 1. The van der Waals surface area contributed by atoms with Crippen molar-refractivity contribution in [1.82, 2.24) is 14.7 Å². The van der Waals surface area contributed by atoms with Gasteiger partial charge in [0.2, 0.25) is 10.0 Å². The molecule has 2 aromatic rings. The maximum Gasteiger partial charge on any atom is 0.410 e. The third-order valence-electron chi connectivity index (χ3n) is 4.62. The van der Waals surface area contributed by atoms with E-state index in [2.05, 4.69) is 9.82 Å². The molecule has 1 aromatic carbocycles. The molecule has 2 heterocycles. The Morgan fingerprint density at radius 3 is 2.68 bits per heavy atom. The Labute approximate surface area is 164 Å². The second-order valence-electron chi connectivity index (χ2n) is 8.26. The summed E-state index contributed by atoms with van der Waals surface area (Å²) >= 11 is 0. The summed E-state index contributed by atoms with van der Waals surface area (Å²) in [6, 6.07) is 7.12. The zero-order chi connectivity index (χ0) is 20.1. The molecule has 0 radical (unpaired) electrons. The summed E-state index contributed by atoms with van der Waals surface area (Å²) in [6.07, 6.45) is 2.80. The molecule has 0 atom stereocenters. The lowest BCUT2D eigenvalue weighted by Crippen LogP contribution is -2.33. The number of anilines is 1. The molecular weight excluding hydrogens is 380 g/mol. The molecule has 0 spiro atoms. The molecule has 1 saturated carbocycles. The average Bonchev–Trinajstić information content (AvgIpc) is 3.25. The highest BCUT2D eigenvalue weighted by atomic mass is 32.2. The van der Waals surface area contributed by atoms with Gasteiger partial charge in [0.15, 0.2) is 0 Å². The number of carbonyl (C=O) groups is 1. The lowest BCUT2D eigenvalue weighted by Gasteiger charge is -2.24. The summed E-state index contributed by atoms with van der Waals surface area (Å²) in [7, 11) is -3.32. The van der Waals surface area contributed by atoms with E-state index in [-0.39, 0.29) is 11.3 Å². The summed E-state index contributed by atoms with van der Waals surface area (Å²) in [5, 5.41) is 4.14. The average molecular weight is 404 g/mol. The van der Waals surface area contributed by atoms with Crippen LogP contribution in [0.15, 0.2) is 30.5 Å². The normalized spacial score (nSPS) is 16.8. The molecule has 9 heteroatoms. The van der Waals surface area contributed by atoms with Gasteiger partial charge in [0.1, 0.15) is 5.60 Å². The molecule has 1 amide bonds. The van der Waals surface area contributed by atoms with Gasteiger partial charge >= 0.3 is 6.09 Å². The number of ether oxygens (including phenoxy) is 1. The SMILES string of the molecule is CC(C)(C)OC(=O)N1Cc2cnn(-c3cccc(NS(=O)(=O)C4CC4)c3)c2C1. The van der Waals surface area contributed by atoms with Gasteiger partial charge in [-0.3, -0.25) is 9.62 Å². The largest absolute Gasteiger partial charge is 0.444 e. The molecule has 2 aliphatic rings. The molecule has 8 nitrogen and oxygen atoms in total. The molecular formula is C19H24N4O4S. The monoisotopic (exact) mass is 404 g/mol. The van der Waals surface area contributed by atoms with E-state index in [0.717, 1.165) is 16.9 Å². The molecule has 150 valence electrons. The van der Waals surface area contributed by atoms with Crippen molar-refractivity contribution in [1.29, 1.82) is 0 Å². The second-order valence-corrected chi connectivity index (χ2v) is 10.2. The number of hydrogen-bond acceptors (Lipinski definition) is 5. The fourth-order valence-electron chi connectivity index (χ4n) is 3.16. The van der Waals surface area contributed by atoms with Crippen LogP contribution in [0.1, 0.15) is 44.9 Å². The molecule has 0 bridgehead atoms. The molecule has 1 fully saturated rings. The van der Waals surface area contributed by atoms with Crippen LogP contribution >= 0.6 is 0 Å². The number of amides is 1. The van der Waals surface area contributed by atoms with Gasteiger partial charge in [0, 0.05) is 5.56 Å². The van der Waals surface area contributed by atoms with Crippen LogP contribution in [0.4, 0.5) is 10.5 Å². The maximum atomic E-state index is 12.4. The number of benzene rings is 1. The van der Waals surface area contributed by atoms with E-state index in [0.29, 0.717) is 31.6 Å². The lowest BCUT2D eigenvalue weighted by atomic mass is 10.2. The number of nitrogens with one attached hydrogen (secondary N) is 1. The Bertz CT molecular complexity index is 1020. The van der Waals surface area contributed by atoms with E-state index in [1.807, 2.05) is 26.8 Å². The third-order valence-corrected chi connectivity index (χ3v) is 6.49. The fraction of sp³-hybridized carbons (Fsp3) is 0.474. The van der Waals surface area contributed by atoms with Crippen molar-refractivity contribution < 1.29 is 17.9 Å². The molecule has 1 N–H and O–H groups in total. The van der Waals surface area contributed by atoms with E-state index in [1.165, 1.54) is 0 Å². The Balaban J connectivity index is 1.54. The van der Waals surface area contributed by atoms with Gasteiger partial charge in [-0.15, -0.1) is 0 Å². The smallest absolute Gasteiger partial charge is 0.410 e. The minimum Gasteiger partial charge on any atom is -0.444 e. The first-order valence-corrected chi connectivity index (χ1v) is 10.8. The first-order chi connectivity index (χ1) is 13.1. The van der Waals surface area contributed by atoms with Crippen LogP contribution in [0, 0.1) is 0 Å². The van der Waals surface area contributed by atoms with Crippen molar-refractivity contribution in [3.8, 4) is 5.69 Å². The number of carbonyl (C=O) groups excluding carboxylic acids is 1. The van der Waals surface area contributed by atoms with Crippen molar-refractivity contribution in [3.63, 3.8) is 0 Å². The number of sulfonamides is 1. The van der Waals surface area contributed by atoms with Crippen LogP contribution in [0.5, 0.6) is 0 Å². The van der Waals surface area contributed by atoms with Crippen LogP contribution in [-0.2, 0) is 27.8 Å². The van der Waals surface area contributed by atoms with Crippen LogP contribution in [-0.4, -0.2) is 40.0 Å². The first-order valence-electron chi connectivity index (χ1n) is 9.28. The van der Waals surface area contributed by atoms with Gasteiger partial charge in [-0.25, -0.2) is 17.9 Å². The Kier molecular flexibility index (Phi) is 4.37. The van der Waals surface area contributed by atoms with E-state index in [4.69, 9.17) is 4.74 Å². The van der Waals surface area contributed by atoms with Crippen molar-refractivity contribution in [3.05, 3.63) is 41.7 Å². The van der Waals surface area contributed by atoms with Gasteiger partial charge in [-0.05, 0) is 51.8 Å². The number of nitrogens with zero attached hydrogens (tertiary/aromatic N) is 3. The van der Waals surface area contributed by atoms with E-state index in [1.54, 1.807) is 34.0 Å². The van der Waals surface area contributed by atoms with E-state index >= 15 is 0 Å². The van der Waals surface area contributed by atoms with Crippen molar-refractivity contribution >= 4 is 21.8 Å². The molecule has 1 aliphatic heterocycles. The Morgan fingerprint density at radius 1 is 1.25 bits per heavy atom. The minimum absolute atomic E-state index is 0.285. The summed E-state index contributed by atoms with van der Waals surface area (Å²) in [5.74, 6) is 0. The minimum atomic E-state index is -3.32. The number of hydrogen-bond donors (Lipinski definition) is 1. The van der Waals surface area contributed by atoms with Crippen molar-refractivity contribution in [2.24, 2.45) is 0 Å². The highest BCUT2D eigenvalue weighted by Crippen LogP contribution is 2.31. The summed E-state index contributed by atoms with van der Waals surface area (Å²) in [5.41, 5.74) is 2.55. The topological polar surface area (TPSA) is 93.5 Å². The highest BCUT2D eigenvalue weighted by Gasteiger charge is 2.36. The summed E-state index contributed by atoms with van der Waals surface area (Å²) in [4.78, 5) is 14.0. The standard InChI is InChI=1S/C19H24N4O4S/c1-19(2,3)27-18(24)22-11-13-10-20-23(17(13)12-22)15-6-4-5-14(9-15)21-28(25,26)16-7-8-16/h4-6,9-10,16,21H,7-8,11-12H2,1-3H3. The van der Waals surface area contributed by atoms with Gasteiger partial charge in [-0.1, -0.05) is 6.07 Å². The molecule has 0 saturated heterocycles. The zero-order valence-electron chi connectivity index (χ0n) is 16.2. The van der Waals surface area contributed by atoms with E-state index < -0.39 is 15.6 Å². The molecule has 1 aromatic heterocycles. The van der Waals surface area contributed by atoms with Crippen molar-refractivity contribution in [2.45, 2.75) is 57.6 Å². The predicted molar refractivity (Wildman–Crippen MR) is 105 cm³/mol. The predicted octanol–water partition coefficient (Wildman–Crippen LogP) is 3.03. The quantitative estimate of drug-likeness (QED) is 0.845.